The van der Waals surface area contributed by atoms with Gasteiger partial charge < -0.3 is 10.2 Å². The number of aromatic hydroxyl groups is 2. The monoisotopic (exact) mass is 264 g/mol. The highest BCUT2D eigenvalue weighted by atomic mass is 32.2. The van der Waals surface area contributed by atoms with Crippen molar-refractivity contribution >= 4 is 9.84 Å². The van der Waals surface area contributed by atoms with Crippen molar-refractivity contribution in [1.82, 2.24) is 0 Å². The second-order valence-electron chi connectivity index (χ2n) is 3.95. The SMILES string of the molecule is CS(=O)(=O)c1c(O)ccc(-c2ccccc2)c1O. The van der Waals surface area contributed by atoms with E-state index in [0.717, 1.165) is 6.26 Å². The zero-order valence-corrected chi connectivity index (χ0v) is 10.5. The van der Waals surface area contributed by atoms with E-state index in [4.69, 9.17) is 0 Å². The van der Waals surface area contributed by atoms with Crippen LogP contribution in [0.1, 0.15) is 0 Å². The van der Waals surface area contributed by atoms with Crippen LogP contribution in [-0.4, -0.2) is 24.9 Å². The van der Waals surface area contributed by atoms with Gasteiger partial charge in [0.1, 0.15) is 11.5 Å². The molecule has 0 amide bonds. The number of benzene rings is 2. The van der Waals surface area contributed by atoms with E-state index in [-0.39, 0.29) is 0 Å². The van der Waals surface area contributed by atoms with Gasteiger partial charge in [-0.25, -0.2) is 8.42 Å². The molecule has 0 heterocycles. The Kier molecular flexibility index (Phi) is 3.00. The normalized spacial score (nSPS) is 11.4. The molecule has 0 spiro atoms. The topological polar surface area (TPSA) is 74.6 Å². The van der Waals surface area contributed by atoms with Crippen LogP contribution >= 0.6 is 0 Å². The van der Waals surface area contributed by atoms with Crippen molar-refractivity contribution in [2.75, 3.05) is 6.26 Å². The molecule has 0 bridgehead atoms. The van der Waals surface area contributed by atoms with Crippen molar-refractivity contribution < 1.29 is 18.6 Å². The lowest BCUT2D eigenvalue weighted by molar-refractivity contribution is 0.425. The summed E-state index contributed by atoms with van der Waals surface area (Å²) in [6.45, 7) is 0. The number of hydrogen-bond acceptors (Lipinski definition) is 4. The zero-order valence-electron chi connectivity index (χ0n) is 9.66. The summed E-state index contributed by atoms with van der Waals surface area (Å²) in [6.07, 6.45) is 0.941. The van der Waals surface area contributed by atoms with Gasteiger partial charge in [0.2, 0.25) is 0 Å². The quantitative estimate of drug-likeness (QED) is 0.871. The minimum atomic E-state index is -3.69. The lowest BCUT2D eigenvalue weighted by Gasteiger charge is -2.10. The Morgan fingerprint density at radius 1 is 0.944 bits per heavy atom. The summed E-state index contributed by atoms with van der Waals surface area (Å²) in [5.74, 6) is -0.876. The van der Waals surface area contributed by atoms with E-state index in [1.54, 1.807) is 24.3 Å². The molecule has 94 valence electrons. The van der Waals surface area contributed by atoms with Crippen LogP contribution in [0, 0.1) is 0 Å². The van der Waals surface area contributed by atoms with Crippen molar-refractivity contribution in [1.29, 1.82) is 0 Å². The fraction of sp³-hybridized carbons (Fsp3) is 0.0769. The lowest BCUT2D eigenvalue weighted by Crippen LogP contribution is -1.99. The average Bonchev–Trinajstić information content (AvgIpc) is 2.28. The Bertz CT molecular complexity index is 676. The Morgan fingerprint density at radius 2 is 1.56 bits per heavy atom. The molecule has 18 heavy (non-hydrogen) atoms. The van der Waals surface area contributed by atoms with Crippen LogP contribution in [0.2, 0.25) is 0 Å². The molecule has 0 radical (unpaired) electrons. The van der Waals surface area contributed by atoms with Crippen LogP contribution in [0.15, 0.2) is 47.4 Å². The third kappa shape index (κ3) is 2.17. The molecule has 2 aromatic rings. The Labute approximate surface area is 105 Å². The molecule has 0 fully saturated rings. The summed E-state index contributed by atoms with van der Waals surface area (Å²) >= 11 is 0. The van der Waals surface area contributed by atoms with Gasteiger partial charge in [0, 0.05) is 11.8 Å². The largest absolute Gasteiger partial charge is 0.506 e. The van der Waals surface area contributed by atoms with Crippen molar-refractivity contribution in [3.8, 4) is 22.6 Å². The Hall–Kier alpha value is -2.01. The summed E-state index contributed by atoms with van der Waals surface area (Å²) in [6, 6.07) is 11.6. The first kappa shape index (κ1) is 12.4. The van der Waals surface area contributed by atoms with Gasteiger partial charge in [-0.2, -0.15) is 0 Å². The molecule has 0 saturated carbocycles. The van der Waals surface area contributed by atoms with Crippen molar-refractivity contribution in [3.63, 3.8) is 0 Å². The molecule has 0 unspecified atom stereocenters. The van der Waals surface area contributed by atoms with Crippen LogP contribution in [-0.2, 0) is 9.84 Å². The third-order valence-corrected chi connectivity index (χ3v) is 3.71. The maximum absolute atomic E-state index is 11.5. The van der Waals surface area contributed by atoms with Gasteiger partial charge in [-0.3, -0.25) is 0 Å². The fourth-order valence-electron chi connectivity index (χ4n) is 1.78. The fourth-order valence-corrected chi connectivity index (χ4v) is 2.69. The van der Waals surface area contributed by atoms with Crippen molar-refractivity contribution in [2.45, 2.75) is 4.90 Å². The maximum atomic E-state index is 11.5. The predicted molar refractivity (Wildman–Crippen MR) is 68.3 cm³/mol. The molecule has 0 aliphatic carbocycles. The van der Waals surface area contributed by atoms with Crippen LogP contribution in [0.5, 0.6) is 11.5 Å². The summed E-state index contributed by atoms with van der Waals surface area (Å²) < 4.78 is 23.1. The van der Waals surface area contributed by atoms with Gasteiger partial charge in [-0.05, 0) is 17.7 Å². The minimum Gasteiger partial charge on any atom is -0.506 e. The van der Waals surface area contributed by atoms with Gasteiger partial charge in [0.25, 0.3) is 0 Å². The molecule has 2 N–H and O–H groups in total. The second-order valence-corrected chi connectivity index (χ2v) is 5.90. The highest BCUT2D eigenvalue weighted by Gasteiger charge is 2.21. The molecule has 0 aromatic heterocycles. The number of phenols is 2. The molecule has 2 rings (SSSR count). The van der Waals surface area contributed by atoms with Gasteiger partial charge >= 0.3 is 0 Å². The standard InChI is InChI=1S/C13H12O4S/c1-18(16,17)13-11(14)8-7-10(12(13)15)9-5-3-2-4-6-9/h2-8,14-15H,1H3. The molecule has 0 saturated heterocycles. The van der Waals surface area contributed by atoms with Gasteiger partial charge in [-0.15, -0.1) is 0 Å². The van der Waals surface area contributed by atoms with Gasteiger partial charge in [0.15, 0.2) is 14.7 Å². The smallest absolute Gasteiger partial charge is 0.182 e. The predicted octanol–water partition coefficient (Wildman–Crippen LogP) is 2.17. The molecule has 0 aliphatic rings. The van der Waals surface area contributed by atoms with E-state index < -0.39 is 26.2 Å². The van der Waals surface area contributed by atoms with E-state index in [1.165, 1.54) is 12.1 Å². The molecule has 0 aliphatic heterocycles. The first-order valence-electron chi connectivity index (χ1n) is 5.21. The molecule has 4 nitrogen and oxygen atoms in total. The van der Waals surface area contributed by atoms with Gasteiger partial charge in [-0.1, -0.05) is 30.3 Å². The average molecular weight is 264 g/mol. The summed E-state index contributed by atoms with van der Waals surface area (Å²) in [5.41, 5.74) is 1.05. The zero-order chi connectivity index (χ0) is 13.3. The molecule has 2 aromatic carbocycles. The molecular formula is C13H12O4S. The second kappa shape index (κ2) is 4.34. The van der Waals surface area contributed by atoms with Crippen molar-refractivity contribution in [3.05, 3.63) is 42.5 Å². The van der Waals surface area contributed by atoms with Gasteiger partial charge in [0.05, 0.1) is 0 Å². The van der Waals surface area contributed by atoms with Crippen LogP contribution < -0.4 is 0 Å². The molecular weight excluding hydrogens is 252 g/mol. The Morgan fingerprint density at radius 3 is 2.11 bits per heavy atom. The number of phenolic OH excluding ortho intramolecular Hbond substituents is 2. The Balaban J connectivity index is 2.74. The maximum Gasteiger partial charge on any atom is 0.182 e. The molecule has 0 atom stereocenters. The first-order valence-corrected chi connectivity index (χ1v) is 7.11. The van der Waals surface area contributed by atoms with Crippen LogP contribution in [0.4, 0.5) is 0 Å². The number of hydrogen-bond donors (Lipinski definition) is 2. The first-order chi connectivity index (χ1) is 8.41. The summed E-state index contributed by atoms with van der Waals surface area (Å²) in [4.78, 5) is -0.441. The summed E-state index contributed by atoms with van der Waals surface area (Å²) in [5, 5.41) is 19.6. The van der Waals surface area contributed by atoms with E-state index >= 15 is 0 Å². The number of sulfone groups is 1. The third-order valence-electron chi connectivity index (χ3n) is 2.57. The van der Waals surface area contributed by atoms with E-state index in [1.807, 2.05) is 6.07 Å². The number of rotatable bonds is 2. The lowest BCUT2D eigenvalue weighted by atomic mass is 10.0. The highest BCUT2D eigenvalue weighted by Crippen LogP contribution is 2.39. The van der Waals surface area contributed by atoms with E-state index in [0.29, 0.717) is 11.1 Å². The summed E-state index contributed by atoms with van der Waals surface area (Å²) in [7, 11) is -3.69. The highest BCUT2D eigenvalue weighted by molar-refractivity contribution is 7.91. The molecule has 5 heteroatoms. The van der Waals surface area contributed by atoms with E-state index in [2.05, 4.69) is 0 Å². The van der Waals surface area contributed by atoms with Crippen LogP contribution in [0.25, 0.3) is 11.1 Å². The van der Waals surface area contributed by atoms with Crippen molar-refractivity contribution in [2.24, 2.45) is 0 Å². The van der Waals surface area contributed by atoms with E-state index in [9.17, 15) is 18.6 Å². The van der Waals surface area contributed by atoms with Crippen LogP contribution in [0.3, 0.4) is 0 Å². The minimum absolute atomic E-state index is 0.369.